The Morgan fingerprint density at radius 1 is 1.12 bits per heavy atom. The van der Waals surface area contributed by atoms with Crippen LogP contribution in [0.15, 0.2) is 18.2 Å². The third kappa shape index (κ3) is 1.95. The molecule has 2 saturated carbocycles. The van der Waals surface area contributed by atoms with Crippen LogP contribution >= 0.6 is 11.8 Å². The zero-order chi connectivity index (χ0) is 16.4. The van der Waals surface area contributed by atoms with E-state index in [9.17, 15) is 0 Å². The Balaban J connectivity index is 1.49. The fourth-order valence-corrected chi connectivity index (χ4v) is 8.94. The number of aryl methyl sites for hydroxylation is 1. The van der Waals surface area contributed by atoms with E-state index < -0.39 is 0 Å². The molecule has 1 nitrogen and oxygen atoms in total. The average Bonchev–Trinajstić information content (AvgIpc) is 3.21. The molecule has 0 N–H and O–H groups in total. The summed E-state index contributed by atoms with van der Waals surface area (Å²) in [6, 6.07) is 6.89. The van der Waals surface area contributed by atoms with Crippen LogP contribution in [0.5, 0.6) is 5.75 Å². The minimum absolute atomic E-state index is 0.610. The van der Waals surface area contributed by atoms with E-state index in [4.69, 9.17) is 4.74 Å². The van der Waals surface area contributed by atoms with E-state index in [1.54, 1.807) is 18.2 Å². The Bertz CT molecular complexity index is 647. The van der Waals surface area contributed by atoms with Gasteiger partial charge in [-0.3, -0.25) is 0 Å². The minimum atomic E-state index is 0.610. The molecule has 3 fully saturated rings. The summed E-state index contributed by atoms with van der Waals surface area (Å²) in [5.74, 6) is 5.18. The fraction of sp³-hybridized carbons (Fsp3) is 0.727. The van der Waals surface area contributed by atoms with Crippen LogP contribution in [-0.4, -0.2) is 17.6 Å². The van der Waals surface area contributed by atoms with Gasteiger partial charge in [-0.25, -0.2) is 0 Å². The maximum atomic E-state index is 5.46. The lowest BCUT2D eigenvalue weighted by Gasteiger charge is -2.54. The molecule has 130 valence electrons. The molecule has 0 amide bonds. The van der Waals surface area contributed by atoms with Gasteiger partial charge < -0.3 is 4.74 Å². The van der Waals surface area contributed by atoms with Gasteiger partial charge in [-0.15, -0.1) is 0 Å². The highest BCUT2D eigenvalue weighted by Crippen LogP contribution is 2.70. The largest absolute Gasteiger partial charge is 0.497 e. The van der Waals surface area contributed by atoms with Crippen molar-refractivity contribution < 1.29 is 4.74 Å². The molecule has 1 saturated heterocycles. The summed E-state index contributed by atoms with van der Waals surface area (Å²) in [6.07, 6.45) is 11.5. The summed E-state index contributed by atoms with van der Waals surface area (Å²) in [4.78, 5) is 0. The Labute approximate surface area is 150 Å². The van der Waals surface area contributed by atoms with Gasteiger partial charge >= 0.3 is 0 Å². The van der Waals surface area contributed by atoms with Crippen molar-refractivity contribution in [2.24, 2.45) is 17.3 Å². The summed E-state index contributed by atoms with van der Waals surface area (Å²) >= 11 is 2.35. The monoisotopic (exact) mass is 342 g/mol. The molecule has 2 heteroatoms. The summed E-state index contributed by atoms with van der Waals surface area (Å²) in [5, 5.41) is 0. The summed E-state index contributed by atoms with van der Waals surface area (Å²) in [5.41, 5.74) is 3.84. The van der Waals surface area contributed by atoms with E-state index in [0.717, 1.165) is 23.5 Å². The molecule has 3 aliphatic carbocycles. The molecule has 1 aliphatic heterocycles. The molecule has 1 aromatic carbocycles. The lowest BCUT2D eigenvalue weighted by Crippen LogP contribution is -2.48. The van der Waals surface area contributed by atoms with Gasteiger partial charge in [0, 0.05) is 4.75 Å². The van der Waals surface area contributed by atoms with Crippen LogP contribution in [0.1, 0.15) is 68.9 Å². The molecule has 24 heavy (non-hydrogen) atoms. The van der Waals surface area contributed by atoms with Crippen molar-refractivity contribution in [2.75, 3.05) is 12.9 Å². The van der Waals surface area contributed by atoms with Gasteiger partial charge in [-0.1, -0.05) is 13.0 Å². The number of benzene rings is 1. The third-order valence-corrected chi connectivity index (χ3v) is 10.2. The van der Waals surface area contributed by atoms with Crippen LogP contribution in [0, 0.1) is 17.3 Å². The van der Waals surface area contributed by atoms with E-state index in [2.05, 4.69) is 36.9 Å². The smallest absolute Gasteiger partial charge is 0.119 e. The molecule has 1 spiro atoms. The average molecular weight is 343 g/mol. The van der Waals surface area contributed by atoms with Crippen LogP contribution in [0.2, 0.25) is 0 Å². The quantitative estimate of drug-likeness (QED) is 0.636. The molecule has 3 unspecified atom stereocenters. The Hall–Kier alpha value is -0.630. The van der Waals surface area contributed by atoms with Gasteiger partial charge in [0.25, 0.3) is 0 Å². The second kappa shape index (κ2) is 5.43. The summed E-state index contributed by atoms with van der Waals surface area (Å²) < 4.78 is 6.10. The van der Waals surface area contributed by atoms with Crippen LogP contribution in [0.25, 0.3) is 0 Å². The molecule has 0 radical (unpaired) electrons. The van der Waals surface area contributed by atoms with E-state index in [1.807, 2.05) is 0 Å². The third-order valence-electron chi connectivity index (χ3n) is 8.33. The number of hydrogen-bond acceptors (Lipinski definition) is 2. The molecule has 5 rings (SSSR count). The first-order valence-corrected chi connectivity index (χ1v) is 11.0. The van der Waals surface area contributed by atoms with Crippen LogP contribution in [0.3, 0.4) is 0 Å². The second-order valence-corrected chi connectivity index (χ2v) is 10.4. The molecule has 0 bridgehead atoms. The van der Waals surface area contributed by atoms with Crippen molar-refractivity contribution in [2.45, 2.75) is 69.0 Å². The zero-order valence-electron chi connectivity index (χ0n) is 15.1. The van der Waals surface area contributed by atoms with Gasteiger partial charge in [0.2, 0.25) is 0 Å². The van der Waals surface area contributed by atoms with Crippen molar-refractivity contribution in [3.8, 4) is 5.75 Å². The number of rotatable bonds is 1. The lowest BCUT2D eigenvalue weighted by molar-refractivity contribution is 0.0396. The normalized spacial score (nSPS) is 43.3. The van der Waals surface area contributed by atoms with Crippen molar-refractivity contribution in [1.82, 2.24) is 0 Å². The molecule has 4 aliphatic rings. The predicted octanol–water partition coefficient (Wildman–Crippen LogP) is 5.82. The lowest BCUT2D eigenvalue weighted by atomic mass is 9.53. The van der Waals surface area contributed by atoms with Crippen LogP contribution in [0.4, 0.5) is 0 Å². The highest BCUT2D eigenvalue weighted by atomic mass is 32.2. The molecular weight excluding hydrogens is 312 g/mol. The Morgan fingerprint density at radius 3 is 2.83 bits per heavy atom. The second-order valence-electron chi connectivity index (χ2n) is 8.92. The van der Waals surface area contributed by atoms with Crippen LogP contribution in [-0.2, 0) is 6.42 Å². The number of thioether (sulfide) groups is 1. The molecule has 5 atom stereocenters. The van der Waals surface area contributed by atoms with E-state index >= 15 is 0 Å². The Kier molecular flexibility index (Phi) is 3.53. The maximum absolute atomic E-state index is 5.46. The van der Waals surface area contributed by atoms with E-state index in [1.165, 1.54) is 57.1 Å². The molecule has 0 aromatic heterocycles. The molecular formula is C22H30OS. The van der Waals surface area contributed by atoms with Gasteiger partial charge in [0.15, 0.2) is 0 Å². The van der Waals surface area contributed by atoms with Gasteiger partial charge in [-0.2, -0.15) is 11.8 Å². The Morgan fingerprint density at radius 2 is 2.04 bits per heavy atom. The highest BCUT2D eigenvalue weighted by molar-refractivity contribution is 8.00. The number of fused-ring (bicyclic) bond motifs is 6. The van der Waals surface area contributed by atoms with Gasteiger partial charge in [-0.05, 0) is 104 Å². The maximum Gasteiger partial charge on any atom is 0.119 e. The first kappa shape index (κ1) is 15.6. The standard InChI is InChI=1S/C22H30OS/c1-21-11-8-18-17-7-5-16(23-2)14-15(17)4-6-19(18)20(21)9-12-22(21)10-3-13-24-22/h5,7,14,18-20H,3-4,6,8-13H2,1-2H3/t18?,19?,20?,21-,22-/m0/s1. The first-order valence-electron chi connectivity index (χ1n) is 9.98. The molecule has 1 aromatic rings. The van der Waals surface area contributed by atoms with E-state index in [0.29, 0.717) is 10.2 Å². The van der Waals surface area contributed by atoms with Crippen molar-refractivity contribution in [3.05, 3.63) is 29.3 Å². The fourth-order valence-electron chi connectivity index (χ4n) is 7.12. The first-order chi connectivity index (χ1) is 11.7. The molecule has 1 heterocycles. The SMILES string of the molecule is COc1ccc2c(c1)CCC1C2CC[C@@]2(C)C1CC[C@@]21CCCS1. The van der Waals surface area contributed by atoms with Crippen molar-refractivity contribution in [3.63, 3.8) is 0 Å². The van der Waals surface area contributed by atoms with Crippen molar-refractivity contribution >= 4 is 11.8 Å². The van der Waals surface area contributed by atoms with Gasteiger partial charge in [0.1, 0.15) is 5.75 Å². The topological polar surface area (TPSA) is 9.23 Å². The number of ether oxygens (including phenoxy) is 1. The minimum Gasteiger partial charge on any atom is -0.497 e. The number of hydrogen-bond donors (Lipinski definition) is 0. The van der Waals surface area contributed by atoms with Gasteiger partial charge in [0.05, 0.1) is 7.11 Å². The summed E-state index contributed by atoms with van der Waals surface area (Å²) in [7, 11) is 1.79. The predicted molar refractivity (Wildman–Crippen MR) is 102 cm³/mol. The zero-order valence-corrected chi connectivity index (χ0v) is 16.0. The number of methoxy groups -OCH3 is 1. The summed E-state index contributed by atoms with van der Waals surface area (Å²) in [6.45, 7) is 2.68. The highest BCUT2D eigenvalue weighted by Gasteiger charge is 2.62. The van der Waals surface area contributed by atoms with Crippen molar-refractivity contribution in [1.29, 1.82) is 0 Å². The van der Waals surface area contributed by atoms with E-state index in [-0.39, 0.29) is 0 Å². The van der Waals surface area contributed by atoms with Crippen LogP contribution < -0.4 is 4.74 Å².